The van der Waals surface area contributed by atoms with Crippen LogP contribution in [-0.2, 0) is 4.74 Å². The number of nitrogen functional groups attached to an aromatic ring is 1. The van der Waals surface area contributed by atoms with E-state index in [1.807, 2.05) is 35.6 Å². The maximum atomic E-state index is 11.3. The number of hydrogen-bond acceptors (Lipinski definition) is 4. The van der Waals surface area contributed by atoms with Crippen LogP contribution in [0.2, 0.25) is 0 Å². The van der Waals surface area contributed by atoms with Crippen LogP contribution in [-0.4, -0.2) is 17.7 Å². The second-order valence-electron chi connectivity index (χ2n) is 4.07. The van der Waals surface area contributed by atoms with Crippen molar-refractivity contribution < 1.29 is 27.3 Å². The van der Waals surface area contributed by atoms with Gasteiger partial charge in [-0.05, 0) is 25.1 Å². The van der Waals surface area contributed by atoms with Crippen molar-refractivity contribution in [2.24, 2.45) is 0 Å². The van der Waals surface area contributed by atoms with Crippen molar-refractivity contribution in [2.45, 2.75) is 6.92 Å². The van der Waals surface area contributed by atoms with Gasteiger partial charge in [0.25, 0.3) is 0 Å². The molecule has 112 valence electrons. The van der Waals surface area contributed by atoms with E-state index in [0.29, 0.717) is 12.3 Å². The summed E-state index contributed by atoms with van der Waals surface area (Å²) < 4.78 is 4.79. The molecule has 5 N–H and O–H groups in total. The Balaban J connectivity index is 0.00000220. The molecule has 6 nitrogen and oxygen atoms in total. The van der Waals surface area contributed by atoms with Crippen LogP contribution in [0.3, 0.4) is 0 Å². The van der Waals surface area contributed by atoms with Crippen LogP contribution in [0.4, 0.5) is 27.8 Å². The van der Waals surface area contributed by atoms with E-state index in [4.69, 9.17) is 10.5 Å². The number of amides is 1. The van der Waals surface area contributed by atoms with Crippen molar-refractivity contribution in [2.75, 3.05) is 17.7 Å². The first kappa shape index (κ1) is 16.7. The standard InChI is InChI=1S/C14H16N4O2.ClH/c1-2-20-14(19)17-11-8-9-12(18-13(11)15)16-10-6-4-3-5-7-10;/h3-9H,2H2,1H3,(H,17,19)(H3,15,16,18);1H. The fourth-order valence-electron chi connectivity index (χ4n) is 1.67. The van der Waals surface area contributed by atoms with E-state index >= 15 is 0 Å². The molecule has 0 aliphatic carbocycles. The Hall–Kier alpha value is -2.31. The van der Waals surface area contributed by atoms with Crippen LogP contribution in [0, 0.1) is 0 Å². The van der Waals surface area contributed by atoms with Gasteiger partial charge in [-0.3, -0.25) is 10.6 Å². The van der Waals surface area contributed by atoms with E-state index in [9.17, 15) is 4.79 Å². The number of anilines is 2. The number of carbonyl (C=O) groups is 1. The molecule has 1 amide bonds. The smallest absolute Gasteiger partial charge is 0.411 e. The van der Waals surface area contributed by atoms with Gasteiger partial charge in [0.15, 0.2) is 5.82 Å². The van der Waals surface area contributed by atoms with Gasteiger partial charge >= 0.3 is 6.09 Å². The van der Waals surface area contributed by atoms with E-state index in [1.165, 1.54) is 0 Å². The van der Waals surface area contributed by atoms with Gasteiger partial charge in [0.2, 0.25) is 5.82 Å². The average Bonchev–Trinajstić information content (AvgIpc) is 2.43. The van der Waals surface area contributed by atoms with E-state index < -0.39 is 6.09 Å². The third-order valence-electron chi connectivity index (χ3n) is 2.57. The Morgan fingerprint density at radius 3 is 2.62 bits per heavy atom. The largest absolute Gasteiger partial charge is 1.00 e. The van der Waals surface area contributed by atoms with Gasteiger partial charge < -0.3 is 22.9 Å². The van der Waals surface area contributed by atoms with Crippen LogP contribution in [0.15, 0.2) is 42.5 Å². The predicted octanol–water partition coefficient (Wildman–Crippen LogP) is -1.24. The third kappa shape index (κ3) is 4.94. The quantitative estimate of drug-likeness (QED) is 0.616. The van der Waals surface area contributed by atoms with E-state index in [2.05, 4.69) is 10.3 Å². The van der Waals surface area contributed by atoms with Crippen LogP contribution in [0.25, 0.3) is 0 Å². The monoisotopic (exact) mass is 308 g/mol. The number of ether oxygens (including phenoxy) is 1. The SMILES string of the molecule is CCOC(=O)Nc1ccc([NH2+]c2ccccc2)nc1N.[Cl-]. The molecule has 21 heavy (non-hydrogen) atoms. The number of nitrogens with one attached hydrogen (secondary N) is 1. The summed E-state index contributed by atoms with van der Waals surface area (Å²) in [5.74, 6) is 0.978. The zero-order valence-electron chi connectivity index (χ0n) is 11.5. The average molecular weight is 309 g/mol. The summed E-state index contributed by atoms with van der Waals surface area (Å²) in [5, 5.41) is 4.45. The molecule has 1 aromatic carbocycles. The summed E-state index contributed by atoms with van der Waals surface area (Å²) in [6.45, 7) is 2.04. The molecular weight excluding hydrogens is 292 g/mol. The molecule has 0 aliphatic heterocycles. The fraction of sp³-hybridized carbons (Fsp3) is 0.143. The summed E-state index contributed by atoms with van der Waals surface area (Å²) in [4.78, 5) is 15.5. The number of hydrogen-bond donors (Lipinski definition) is 3. The Morgan fingerprint density at radius 2 is 2.00 bits per heavy atom. The predicted molar refractivity (Wildman–Crippen MR) is 77.0 cm³/mol. The lowest BCUT2D eigenvalue weighted by molar-refractivity contribution is -0.482. The van der Waals surface area contributed by atoms with E-state index in [-0.39, 0.29) is 18.2 Å². The molecule has 0 bridgehead atoms. The molecule has 1 heterocycles. The summed E-state index contributed by atoms with van der Waals surface area (Å²) in [7, 11) is 0. The van der Waals surface area contributed by atoms with Crippen molar-refractivity contribution >= 4 is 29.1 Å². The highest BCUT2D eigenvalue weighted by Crippen LogP contribution is 2.17. The molecule has 2 aromatic rings. The minimum atomic E-state index is -0.541. The maximum Gasteiger partial charge on any atom is 0.411 e. The van der Waals surface area contributed by atoms with Crippen LogP contribution in [0.1, 0.15) is 6.92 Å². The normalized spacial score (nSPS) is 9.57. The van der Waals surface area contributed by atoms with Gasteiger partial charge in [-0.25, -0.2) is 4.79 Å². The van der Waals surface area contributed by atoms with Crippen molar-refractivity contribution in [1.29, 1.82) is 0 Å². The molecule has 0 unspecified atom stereocenters. The maximum absolute atomic E-state index is 11.3. The Kier molecular flexibility index (Phi) is 6.45. The number of nitrogens with zero attached hydrogens (tertiary/aromatic N) is 1. The highest BCUT2D eigenvalue weighted by molar-refractivity contribution is 5.88. The number of carbonyl (C=O) groups excluding carboxylic acids is 1. The first-order valence-corrected chi connectivity index (χ1v) is 6.29. The molecule has 0 atom stereocenters. The molecule has 2 rings (SSSR count). The second kappa shape index (κ2) is 8.08. The van der Waals surface area contributed by atoms with Crippen LogP contribution >= 0.6 is 0 Å². The summed E-state index contributed by atoms with van der Waals surface area (Å²) in [6, 6.07) is 13.3. The first-order valence-electron chi connectivity index (χ1n) is 6.29. The molecule has 0 spiro atoms. The van der Waals surface area contributed by atoms with Gasteiger partial charge in [-0.15, -0.1) is 0 Å². The Morgan fingerprint density at radius 1 is 1.29 bits per heavy atom. The number of rotatable bonds is 4. The van der Waals surface area contributed by atoms with Gasteiger partial charge in [0.05, 0.1) is 12.3 Å². The topological polar surface area (TPSA) is 93.8 Å². The lowest BCUT2D eigenvalue weighted by atomic mass is 10.3. The third-order valence-corrected chi connectivity index (χ3v) is 2.57. The molecule has 0 radical (unpaired) electrons. The first-order chi connectivity index (χ1) is 9.69. The highest BCUT2D eigenvalue weighted by Gasteiger charge is 2.09. The van der Waals surface area contributed by atoms with Gasteiger partial charge in [0, 0.05) is 6.07 Å². The zero-order chi connectivity index (χ0) is 14.4. The number of pyridine rings is 1. The number of halogens is 1. The van der Waals surface area contributed by atoms with Gasteiger partial charge in [-0.1, -0.05) is 18.2 Å². The molecule has 0 saturated carbocycles. The molecular formula is C14H17ClN4O2. The Labute approximate surface area is 129 Å². The molecule has 7 heteroatoms. The molecule has 0 saturated heterocycles. The van der Waals surface area contributed by atoms with Gasteiger partial charge in [-0.2, -0.15) is 4.98 Å². The highest BCUT2D eigenvalue weighted by atomic mass is 35.5. The van der Waals surface area contributed by atoms with Crippen LogP contribution < -0.4 is 28.8 Å². The van der Waals surface area contributed by atoms with Crippen molar-refractivity contribution in [3.05, 3.63) is 42.5 Å². The van der Waals surface area contributed by atoms with Crippen molar-refractivity contribution in [3.63, 3.8) is 0 Å². The van der Waals surface area contributed by atoms with Crippen molar-refractivity contribution in [3.8, 4) is 0 Å². The van der Waals surface area contributed by atoms with Gasteiger partial charge in [0.1, 0.15) is 5.69 Å². The Bertz CT molecular complexity index is 593. The zero-order valence-corrected chi connectivity index (χ0v) is 12.3. The van der Waals surface area contributed by atoms with E-state index in [0.717, 1.165) is 11.5 Å². The second-order valence-corrected chi connectivity index (χ2v) is 4.07. The number of para-hydroxylation sites is 1. The van der Waals surface area contributed by atoms with Crippen LogP contribution in [0.5, 0.6) is 0 Å². The summed E-state index contributed by atoms with van der Waals surface area (Å²) in [5.41, 5.74) is 7.29. The van der Waals surface area contributed by atoms with Crippen molar-refractivity contribution in [1.82, 2.24) is 4.98 Å². The number of quaternary nitrogens is 1. The lowest BCUT2D eigenvalue weighted by Crippen LogP contribution is -3.00. The minimum Gasteiger partial charge on any atom is -1.00 e. The number of nitrogens with two attached hydrogens (primary N) is 2. The summed E-state index contributed by atoms with van der Waals surface area (Å²) >= 11 is 0. The lowest BCUT2D eigenvalue weighted by Gasteiger charge is -2.08. The van der Waals surface area contributed by atoms with E-state index in [1.54, 1.807) is 19.1 Å². The number of aromatic nitrogens is 1. The molecule has 1 aromatic heterocycles. The molecule has 0 fully saturated rings. The minimum absolute atomic E-state index is 0. The summed E-state index contributed by atoms with van der Waals surface area (Å²) in [6.07, 6.45) is -0.541. The molecule has 0 aliphatic rings. The number of benzene rings is 1. The fourth-order valence-corrected chi connectivity index (χ4v) is 1.67.